The van der Waals surface area contributed by atoms with Crippen LogP contribution in [0.15, 0.2) is 12.1 Å². The molecule has 6 nitrogen and oxygen atoms in total. The molecule has 0 saturated carbocycles. The smallest absolute Gasteiger partial charge is 0.444 e. The third kappa shape index (κ3) is 4.81. The van der Waals surface area contributed by atoms with Crippen LogP contribution in [0.25, 0.3) is 0 Å². The highest BCUT2D eigenvalue weighted by Crippen LogP contribution is 2.27. The summed E-state index contributed by atoms with van der Waals surface area (Å²) in [7, 11) is 1.70. The molecule has 0 radical (unpaired) electrons. The van der Waals surface area contributed by atoms with Gasteiger partial charge in [0.25, 0.3) is 0 Å². The number of fused-ring (bicyclic) bond motifs is 1. The lowest BCUT2D eigenvalue weighted by molar-refractivity contribution is 0.0243. The molecule has 2 heterocycles. The van der Waals surface area contributed by atoms with E-state index < -0.39 is 5.60 Å². The number of benzene rings is 1. The average molecular weight is 388 g/mol. The summed E-state index contributed by atoms with van der Waals surface area (Å²) < 4.78 is 17.6. The lowest BCUT2D eigenvalue weighted by Crippen LogP contribution is -2.48. The van der Waals surface area contributed by atoms with Gasteiger partial charge in [0.05, 0.1) is 6.54 Å². The number of carbonyl (C=O) groups is 1. The zero-order chi connectivity index (χ0) is 20.7. The lowest BCUT2D eigenvalue weighted by atomic mass is 9.72. The molecule has 2 aliphatic heterocycles. The molecule has 0 aromatic heterocycles. The fourth-order valence-electron chi connectivity index (χ4n) is 3.52. The summed E-state index contributed by atoms with van der Waals surface area (Å²) in [5.41, 5.74) is 3.93. The van der Waals surface area contributed by atoms with Crippen molar-refractivity contribution in [1.82, 2.24) is 4.90 Å². The molecule has 0 bridgehead atoms. The number of nitrogens with zero attached hydrogens (tertiary/aromatic N) is 2. The second-order valence-electron chi connectivity index (χ2n) is 9.78. The zero-order valence-electron chi connectivity index (χ0n) is 18.3. The van der Waals surface area contributed by atoms with Crippen molar-refractivity contribution in [3.05, 3.63) is 23.3 Å². The van der Waals surface area contributed by atoms with Crippen molar-refractivity contribution < 1.29 is 18.8 Å². The Hall–Kier alpha value is -1.73. The number of rotatable bonds is 1. The van der Waals surface area contributed by atoms with E-state index in [1.807, 2.05) is 20.8 Å². The average Bonchev–Trinajstić information content (AvgIpc) is 2.73. The predicted octanol–water partition coefficient (Wildman–Crippen LogP) is 2.95. The van der Waals surface area contributed by atoms with Crippen molar-refractivity contribution in [3.8, 4) is 0 Å². The second kappa shape index (κ2) is 7.60. The highest BCUT2D eigenvalue weighted by Gasteiger charge is 2.35. The molecule has 1 aromatic rings. The van der Waals surface area contributed by atoms with Gasteiger partial charge in [0.15, 0.2) is 0 Å². The van der Waals surface area contributed by atoms with Gasteiger partial charge in [0.2, 0.25) is 0 Å². The highest BCUT2D eigenvalue weighted by atomic mass is 16.6. The summed E-state index contributed by atoms with van der Waals surface area (Å²) in [5.74, 6) is 0. The van der Waals surface area contributed by atoms with Gasteiger partial charge in [0.1, 0.15) is 5.60 Å². The van der Waals surface area contributed by atoms with E-state index in [0.29, 0.717) is 26.3 Å². The number of likely N-dealkylation sites (N-methyl/N-ethyl adjacent to an activating group) is 1. The summed E-state index contributed by atoms with van der Waals surface area (Å²) in [5, 5.41) is 0. The molecular weight excluding hydrogens is 355 g/mol. The fourth-order valence-corrected chi connectivity index (χ4v) is 3.52. The minimum atomic E-state index is -0.507. The second-order valence-corrected chi connectivity index (χ2v) is 9.78. The molecule has 0 spiro atoms. The van der Waals surface area contributed by atoms with Gasteiger partial charge >= 0.3 is 13.2 Å². The van der Waals surface area contributed by atoms with E-state index in [-0.39, 0.29) is 18.6 Å². The van der Waals surface area contributed by atoms with Crippen molar-refractivity contribution in [1.29, 1.82) is 0 Å². The van der Waals surface area contributed by atoms with Crippen molar-refractivity contribution in [2.24, 2.45) is 5.41 Å². The summed E-state index contributed by atoms with van der Waals surface area (Å²) in [6.07, 6.45) is -0.275. The van der Waals surface area contributed by atoms with Crippen LogP contribution >= 0.6 is 0 Å². The van der Waals surface area contributed by atoms with Crippen LogP contribution in [0, 0.1) is 12.3 Å². The van der Waals surface area contributed by atoms with Gasteiger partial charge in [-0.25, -0.2) is 4.79 Å². The zero-order valence-corrected chi connectivity index (χ0v) is 18.3. The summed E-state index contributed by atoms with van der Waals surface area (Å²) >= 11 is 0. The molecule has 1 aromatic carbocycles. The number of aryl methyl sites for hydroxylation is 1. The Morgan fingerprint density at radius 2 is 1.82 bits per heavy atom. The Balaban J connectivity index is 1.86. The number of carbonyl (C=O) groups excluding carboxylic acids is 1. The summed E-state index contributed by atoms with van der Waals surface area (Å²) in [6.45, 7) is 15.3. The predicted molar refractivity (Wildman–Crippen MR) is 112 cm³/mol. The lowest BCUT2D eigenvalue weighted by Gasteiger charge is -2.34. The minimum Gasteiger partial charge on any atom is -0.444 e. The van der Waals surface area contributed by atoms with Gasteiger partial charge in [-0.15, -0.1) is 0 Å². The molecule has 1 fully saturated rings. The maximum Gasteiger partial charge on any atom is 0.494 e. The minimum absolute atomic E-state index is 0.0316. The molecule has 154 valence electrons. The summed E-state index contributed by atoms with van der Waals surface area (Å²) in [6, 6.07) is 4.31. The summed E-state index contributed by atoms with van der Waals surface area (Å²) in [4.78, 5) is 16.6. The molecule has 7 heteroatoms. The molecule has 0 N–H and O–H groups in total. The Morgan fingerprint density at radius 3 is 2.43 bits per heavy atom. The van der Waals surface area contributed by atoms with Gasteiger partial charge in [-0.2, -0.15) is 0 Å². The third-order valence-corrected chi connectivity index (χ3v) is 5.10. The Kier molecular flexibility index (Phi) is 5.70. The number of anilines is 1. The topological polar surface area (TPSA) is 51.2 Å². The molecule has 1 amide bonds. The molecule has 0 aliphatic carbocycles. The first kappa shape index (κ1) is 21.0. The standard InChI is InChI=1S/C21H33BN2O4/c1-15-10-18-16(11-17(15)22-26-13-21(5,6)14-27-22)12-24(9-8-23(18)7)19(25)28-20(2,3)4/h10-11H,8-9,12-14H2,1-7H3. The van der Waals surface area contributed by atoms with Gasteiger partial charge in [0, 0.05) is 44.5 Å². The SMILES string of the molecule is Cc1cc2c(cc1B1OCC(C)(C)CO1)CN(C(=O)OC(C)(C)C)CCN2C. The van der Waals surface area contributed by atoms with Crippen LogP contribution in [0.4, 0.5) is 10.5 Å². The van der Waals surface area contributed by atoms with E-state index in [1.165, 1.54) is 0 Å². The fraction of sp³-hybridized carbons (Fsp3) is 0.667. The van der Waals surface area contributed by atoms with E-state index in [2.05, 4.69) is 44.9 Å². The Morgan fingerprint density at radius 1 is 1.18 bits per heavy atom. The van der Waals surface area contributed by atoms with Gasteiger partial charge < -0.3 is 23.8 Å². The quantitative estimate of drug-likeness (QED) is 0.693. The number of amides is 1. The van der Waals surface area contributed by atoms with Gasteiger partial charge in [-0.05, 0) is 50.4 Å². The molecular formula is C21H33BN2O4. The Bertz CT molecular complexity index is 735. The van der Waals surface area contributed by atoms with Crippen molar-refractivity contribution in [2.75, 3.05) is 38.3 Å². The largest absolute Gasteiger partial charge is 0.494 e. The first-order chi connectivity index (χ1) is 13.0. The number of hydrogen-bond donors (Lipinski definition) is 0. The van der Waals surface area contributed by atoms with Crippen LogP contribution in [-0.2, 0) is 20.6 Å². The van der Waals surface area contributed by atoms with E-state index in [9.17, 15) is 4.79 Å². The Labute approximate surface area is 169 Å². The van der Waals surface area contributed by atoms with Crippen LogP contribution in [0.5, 0.6) is 0 Å². The van der Waals surface area contributed by atoms with Gasteiger partial charge in [-0.3, -0.25) is 0 Å². The normalized spacial score (nSPS) is 19.9. The van der Waals surface area contributed by atoms with Crippen LogP contribution in [0.1, 0.15) is 45.7 Å². The molecule has 3 rings (SSSR count). The molecule has 0 unspecified atom stereocenters. The first-order valence-corrected chi connectivity index (χ1v) is 10.0. The molecule has 28 heavy (non-hydrogen) atoms. The van der Waals surface area contributed by atoms with Crippen molar-refractivity contribution in [3.63, 3.8) is 0 Å². The van der Waals surface area contributed by atoms with E-state index in [4.69, 9.17) is 14.0 Å². The number of hydrogen-bond acceptors (Lipinski definition) is 5. The molecule has 2 aliphatic rings. The van der Waals surface area contributed by atoms with Crippen LogP contribution in [0.3, 0.4) is 0 Å². The van der Waals surface area contributed by atoms with E-state index in [1.54, 1.807) is 4.90 Å². The van der Waals surface area contributed by atoms with Crippen molar-refractivity contribution in [2.45, 2.75) is 53.7 Å². The van der Waals surface area contributed by atoms with Crippen LogP contribution in [-0.4, -0.2) is 57.1 Å². The highest BCUT2D eigenvalue weighted by molar-refractivity contribution is 6.62. The van der Waals surface area contributed by atoms with E-state index >= 15 is 0 Å². The molecule has 1 saturated heterocycles. The monoisotopic (exact) mass is 388 g/mol. The van der Waals surface area contributed by atoms with E-state index in [0.717, 1.165) is 28.8 Å². The van der Waals surface area contributed by atoms with Crippen molar-refractivity contribution >= 4 is 24.4 Å². The van der Waals surface area contributed by atoms with Gasteiger partial charge in [-0.1, -0.05) is 19.9 Å². The van der Waals surface area contributed by atoms with Crippen LogP contribution < -0.4 is 10.4 Å². The maximum atomic E-state index is 12.6. The van der Waals surface area contributed by atoms with Crippen LogP contribution in [0.2, 0.25) is 0 Å². The number of ether oxygens (including phenoxy) is 1. The first-order valence-electron chi connectivity index (χ1n) is 10.0. The maximum absolute atomic E-state index is 12.6. The third-order valence-electron chi connectivity index (χ3n) is 5.10. The molecule has 0 atom stereocenters.